The maximum atomic E-state index is 5.67. The average Bonchev–Trinajstić information content (AvgIpc) is 1.78. The van der Waals surface area contributed by atoms with Crippen molar-refractivity contribution in [2.75, 3.05) is 0 Å². The molecule has 0 aromatic rings. The van der Waals surface area contributed by atoms with Crippen LogP contribution in [0.3, 0.4) is 0 Å². The summed E-state index contributed by atoms with van der Waals surface area (Å²) >= 11 is 11.3. The summed E-state index contributed by atoms with van der Waals surface area (Å²) in [6.07, 6.45) is 5.85. The van der Waals surface area contributed by atoms with Crippen LogP contribution in [0.5, 0.6) is 0 Å². The summed E-state index contributed by atoms with van der Waals surface area (Å²) in [5.74, 6) is 0. The molecule has 0 aliphatic heterocycles. The second kappa shape index (κ2) is 5.22. The largest absolute Gasteiger partial charge is 0.107 e. The lowest BCUT2D eigenvalue weighted by atomic mass is 10.2. The Morgan fingerprint density at radius 1 is 1.40 bits per heavy atom. The smallest absolute Gasteiger partial charge is 0.0998 e. The molecule has 0 amide bonds. The summed E-state index contributed by atoms with van der Waals surface area (Å²) < 4.78 is -0.735. The zero-order chi connectivity index (χ0) is 8.04. The minimum absolute atomic E-state index is 0.735. The fraction of sp³-hybridized carbons (Fsp3) is 0.714. The molecule has 0 aliphatic carbocycles. The Labute approximate surface area is 76.0 Å². The van der Waals surface area contributed by atoms with E-state index in [1.807, 2.05) is 6.08 Å². The molecule has 0 saturated heterocycles. The van der Waals surface area contributed by atoms with Gasteiger partial charge in [-0.25, -0.2) is 0 Å². The second-order valence-corrected chi connectivity index (χ2v) is 5.21. The van der Waals surface area contributed by atoms with Crippen molar-refractivity contribution in [1.82, 2.24) is 0 Å². The van der Waals surface area contributed by atoms with E-state index in [0.717, 1.165) is 25.7 Å². The van der Waals surface area contributed by atoms with Crippen LogP contribution in [0.1, 0.15) is 25.7 Å². The Kier molecular flexibility index (Phi) is 5.50. The van der Waals surface area contributed by atoms with Gasteiger partial charge in [0.15, 0.2) is 0 Å². The highest BCUT2D eigenvalue weighted by Gasteiger charge is 2.14. The highest BCUT2D eigenvalue weighted by molar-refractivity contribution is 6.65. The molecule has 0 spiro atoms. The predicted molar refractivity (Wildman–Crippen MR) is 48.9 cm³/mol. The molecular formula is C7H11Cl2Si. The summed E-state index contributed by atoms with van der Waals surface area (Å²) in [7, 11) is 3.18. The van der Waals surface area contributed by atoms with Crippen LogP contribution >= 0.6 is 23.2 Å². The Balaban J connectivity index is 3.12. The van der Waals surface area contributed by atoms with E-state index in [1.54, 1.807) is 0 Å². The van der Waals surface area contributed by atoms with Crippen molar-refractivity contribution in [3.63, 3.8) is 0 Å². The van der Waals surface area contributed by atoms with Gasteiger partial charge in [0, 0.05) is 0 Å². The van der Waals surface area contributed by atoms with E-state index in [2.05, 4.69) is 16.8 Å². The molecule has 0 bridgehead atoms. The molecule has 0 heterocycles. The van der Waals surface area contributed by atoms with E-state index >= 15 is 0 Å². The van der Waals surface area contributed by atoms with Crippen LogP contribution in [0.4, 0.5) is 0 Å². The van der Waals surface area contributed by atoms with E-state index in [4.69, 9.17) is 23.2 Å². The third kappa shape index (κ3) is 8.54. The average molecular weight is 194 g/mol. The Hall–Kier alpha value is 0.537. The first-order valence-corrected chi connectivity index (χ1v) is 4.55. The van der Waals surface area contributed by atoms with Crippen LogP contribution < -0.4 is 0 Å². The highest BCUT2D eigenvalue weighted by atomic mass is 35.5. The van der Waals surface area contributed by atoms with Crippen molar-refractivity contribution in [2.45, 2.75) is 29.6 Å². The number of alkyl halides is 2. The maximum absolute atomic E-state index is 5.67. The van der Waals surface area contributed by atoms with E-state index in [0.29, 0.717) is 0 Å². The number of rotatable bonds is 5. The third-order valence-electron chi connectivity index (χ3n) is 1.15. The van der Waals surface area contributed by atoms with Crippen molar-refractivity contribution in [3.8, 4) is 0 Å². The predicted octanol–water partition coefficient (Wildman–Crippen LogP) is 3.03. The summed E-state index contributed by atoms with van der Waals surface area (Å²) in [4.78, 5) is 0. The third-order valence-corrected chi connectivity index (χ3v) is 1.78. The van der Waals surface area contributed by atoms with Gasteiger partial charge in [-0.1, -0.05) is 12.5 Å². The van der Waals surface area contributed by atoms with E-state index in [-0.39, 0.29) is 0 Å². The fourth-order valence-electron chi connectivity index (χ4n) is 0.636. The summed E-state index contributed by atoms with van der Waals surface area (Å²) in [5.41, 5.74) is 0. The van der Waals surface area contributed by atoms with Crippen LogP contribution in [0.15, 0.2) is 12.7 Å². The lowest BCUT2D eigenvalue weighted by Gasteiger charge is -2.11. The quantitative estimate of drug-likeness (QED) is 0.273. The highest BCUT2D eigenvalue weighted by Crippen LogP contribution is 2.23. The van der Waals surface area contributed by atoms with Gasteiger partial charge < -0.3 is 0 Å². The molecule has 0 N–H and O–H groups in total. The molecule has 10 heavy (non-hydrogen) atoms. The molecule has 3 heteroatoms. The lowest BCUT2D eigenvalue weighted by molar-refractivity contribution is 0.699. The molecule has 3 radical (unpaired) electrons. The van der Waals surface area contributed by atoms with Crippen molar-refractivity contribution >= 4 is 33.4 Å². The minimum Gasteiger partial charge on any atom is -0.107 e. The van der Waals surface area contributed by atoms with Crippen LogP contribution in [0, 0.1) is 0 Å². The number of hydrogen-bond donors (Lipinski definition) is 0. The summed E-state index contributed by atoms with van der Waals surface area (Å²) in [6, 6.07) is 0. The maximum Gasteiger partial charge on any atom is 0.0998 e. The first kappa shape index (κ1) is 10.5. The van der Waals surface area contributed by atoms with Crippen molar-refractivity contribution in [1.29, 1.82) is 0 Å². The zero-order valence-electron chi connectivity index (χ0n) is 5.87. The molecule has 0 fully saturated rings. The van der Waals surface area contributed by atoms with Crippen LogP contribution in [0.25, 0.3) is 0 Å². The number of allylic oxidation sites excluding steroid dienone is 1. The Morgan fingerprint density at radius 3 is 2.40 bits per heavy atom. The van der Waals surface area contributed by atoms with E-state index in [9.17, 15) is 0 Å². The standard InChI is InChI=1S/C7H11Cl2Si/c1-2-3-4-5-6-7(8,9)10/h2H,1,3-6H2. The Bertz CT molecular complexity index is 96.3. The van der Waals surface area contributed by atoms with Gasteiger partial charge in [-0.2, -0.15) is 0 Å². The number of halogens is 2. The lowest BCUT2D eigenvalue weighted by Crippen LogP contribution is -2.11. The first-order chi connectivity index (χ1) is 4.56. The first-order valence-electron chi connectivity index (χ1n) is 3.30. The fourth-order valence-corrected chi connectivity index (χ4v) is 1.08. The van der Waals surface area contributed by atoms with Gasteiger partial charge >= 0.3 is 0 Å². The van der Waals surface area contributed by atoms with Crippen LogP contribution in [-0.4, -0.2) is 14.2 Å². The van der Waals surface area contributed by atoms with Gasteiger partial charge in [0.1, 0.15) is 0 Å². The molecule has 0 unspecified atom stereocenters. The van der Waals surface area contributed by atoms with Crippen LogP contribution in [-0.2, 0) is 0 Å². The van der Waals surface area contributed by atoms with Gasteiger partial charge in [-0.05, 0) is 19.3 Å². The molecule has 0 saturated carbocycles. The summed E-state index contributed by atoms with van der Waals surface area (Å²) in [5, 5.41) is 0. The molecule has 0 aromatic heterocycles. The van der Waals surface area contributed by atoms with Crippen molar-refractivity contribution in [3.05, 3.63) is 12.7 Å². The molecule has 0 aliphatic rings. The monoisotopic (exact) mass is 193 g/mol. The van der Waals surface area contributed by atoms with Gasteiger partial charge in [0.05, 0.1) is 14.2 Å². The van der Waals surface area contributed by atoms with Gasteiger partial charge in [-0.3, -0.25) is 0 Å². The number of unbranched alkanes of at least 4 members (excludes halogenated alkanes) is 2. The normalized spacial score (nSPS) is 11.5. The topological polar surface area (TPSA) is 0 Å². The minimum atomic E-state index is -0.735. The molecule has 0 aromatic carbocycles. The molecule has 57 valence electrons. The van der Waals surface area contributed by atoms with Gasteiger partial charge in [-0.15, -0.1) is 29.8 Å². The van der Waals surface area contributed by atoms with Gasteiger partial charge in [0.25, 0.3) is 0 Å². The molecule has 0 rings (SSSR count). The molecule has 0 atom stereocenters. The summed E-state index contributed by atoms with van der Waals surface area (Å²) in [6.45, 7) is 3.62. The van der Waals surface area contributed by atoms with Gasteiger partial charge in [0.2, 0.25) is 0 Å². The second-order valence-electron chi connectivity index (χ2n) is 2.24. The van der Waals surface area contributed by atoms with E-state index < -0.39 is 3.96 Å². The van der Waals surface area contributed by atoms with Crippen molar-refractivity contribution in [2.24, 2.45) is 0 Å². The molecule has 0 nitrogen and oxygen atoms in total. The van der Waals surface area contributed by atoms with Crippen molar-refractivity contribution < 1.29 is 0 Å². The molecular weight excluding hydrogens is 183 g/mol. The SMILES string of the molecule is C=CCCCCC([Si])(Cl)Cl. The zero-order valence-corrected chi connectivity index (χ0v) is 8.38. The van der Waals surface area contributed by atoms with E-state index in [1.165, 1.54) is 0 Å². The Morgan fingerprint density at radius 2 is 2.00 bits per heavy atom. The van der Waals surface area contributed by atoms with Crippen LogP contribution in [0.2, 0.25) is 0 Å². The number of hydrogen-bond acceptors (Lipinski definition) is 0.